The van der Waals surface area contributed by atoms with Crippen molar-refractivity contribution in [3.63, 3.8) is 0 Å². The maximum atomic E-state index is 12.5. The van der Waals surface area contributed by atoms with Crippen molar-refractivity contribution in [1.82, 2.24) is 4.31 Å². The second-order valence-corrected chi connectivity index (χ2v) is 7.38. The van der Waals surface area contributed by atoms with Crippen molar-refractivity contribution in [2.75, 3.05) is 13.1 Å². The molecule has 1 fully saturated rings. The van der Waals surface area contributed by atoms with Crippen LogP contribution in [-0.2, 0) is 10.0 Å². The Morgan fingerprint density at radius 1 is 1.47 bits per heavy atom. The Bertz CT molecular complexity index is 586. The van der Waals surface area contributed by atoms with Gasteiger partial charge in [-0.05, 0) is 30.7 Å². The minimum absolute atomic E-state index is 0.0222. The van der Waals surface area contributed by atoms with E-state index in [9.17, 15) is 13.2 Å². The fraction of sp³-hybridized carbons (Fsp3) is 0.545. The molecule has 8 heteroatoms. The molecule has 0 bridgehead atoms. The predicted octanol–water partition coefficient (Wildman–Crippen LogP) is 0.867. The Morgan fingerprint density at radius 3 is 2.58 bits per heavy atom. The van der Waals surface area contributed by atoms with Crippen LogP contribution in [0.25, 0.3) is 0 Å². The smallest absolute Gasteiger partial charge is 0.347 e. The first kappa shape index (κ1) is 14.4. The van der Waals surface area contributed by atoms with E-state index in [-0.39, 0.29) is 15.8 Å². The van der Waals surface area contributed by atoms with Crippen molar-refractivity contribution >= 4 is 27.3 Å². The molecule has 106 valence electrons. The van der Waals surface area contributed by atoms with Gasteiger partial charge < -0.3 is 10.8 Å². The highest BCUT2D eigenvalue weighted by atomic mass is 32.2. The van der Waals surface area contributed by atoms with Gasteiger partial charge in [0.2, 0.25) is 10.0 Å². The van der Waals surface area contributed by atoms with E-state index in [0.717, 1.165) is 11.3 Å². The molecule has 2 heterocycles. The van der Waals surface area contributed by atoms with Gasteiger partial charge in [-0.3, -0.25) is 0 Å². The van der Waals surface area contributed by atoms with E-state index in [1.165, 1.54) is 4.31 Å². The van der Waals surface area contributed by atoms with E-state index in [4.69, 9.17) is 10.8 Å². The van der Waals surface area contributed by atoms with Gasteiger partial charge in [0.15, 0.2) is 0 Å². The van der Waals surface area contributed by atoms with Gasteiger partial charge in [-0.2, -0.15) is 4.31 Å². The van der Waals surface area contributed by atoms with Gasteiger partial charge in [0, 0.05) is 19.1 Å². The van der Waals surface area contributed by atoms with Gasteiger partial charge in [0.05, 0.1) is 0 Å². The van der Waals surface area contributed by atoms with Crippen LogP contribution in [0.1, 0.15) is 28.1 Å². The van der Waals surface area contributed by atoms with Crippen molar-refractivity contribution in [3.8, 4) is 0 Å². The van der Waals surface area contributed by atoms with Crippen LogP contribution in [0.15, 0.2) is 10.3 Å². The van der Waals surface area contributed by atoms with Gasteiger partial charge in [0.25, 0.3) is 0 Å². The number of hydrogen-bond donors (Lipinski definition) is 2. The number of nitrogens with zero attached hydrogens (tertiary/aromatic N) is 1. The van der Waals surface area contributed by atoms with Crippen LogP contribution < -0.4 is 5.73 Å². The summed E-state index contributed by atoms with van der Waals surface area (Å²) >= 11 is 0.946. The molecule has 3 N–H and O–H groups in total. The number of sulfonamides is 1. The molecule has 0 radical (unpaired) electrons. The number of piperidine rings is 1. The number of thiophene rings is 1. The zero-order valence-corrected chi connectivity index (χ0v) is 12.1. The summed E-state index contributed by atoms with van der Waals surface area (Å²) in [7, 11) is -3.74. The molecule has 0 saturated carbocycles. The number of aryl methyl sites for hydroxylation is 1. The number of rotatable bonds is 3. The first-order chi connectivity index (χ1) is 8.84. The average molecular weight is 304 g/mol. The van der Waals surface area contributed by atoms with Crippen LogP contribution in [0.3, 0.4) is 0 Å². The Labute approximate surface area is 115 Å². The number of aromatic carboxylic acids is 1. The van der Waals surface area contributed by atoms with Gasteiger partial charge in [-0.25, -0.2) is 13.2 Å². The minimum atomic E-state index is -3.74. The maximum Gasteiger partial charge on any atom is 0.347 e. The van der Waals surface area contributed by atoms with E-state index < -0.39 is 16.0 Å². The second kappa shape index (κ2) is 5.20. The molecule has 6 nitrogen and oxygen atoms in total. The summed E-state index contributed by atoms with van der Waals surface area (Å²) in [6.07, 6.45) is 1.20. The molecule has 1 aliphatic heterocycles. The van der Waals surface area contributed by atoms with Crippen LogP contribution >= 0.6 is 11.3 Å². The molecule has 2 rings (SSSR count). The summed E-state index contributed by atoms with van der Waals surface area (Å²) in [5.74, 6) is -1.20. The maximum absolute atomic E-state index is 12.5. The van der Waals surface area contributed by atoms with Gasteiger partial charge in [-0.1, -0.05) is 0 Å². The van der Waals surface area contributed by atoms with Crippen LogP contribution in [0.5, 0.6) is 0 Å². The van der Waals surface area contributed by atoms with Gasteiger partial charge in [0.1, 0.15) is 9.77 Å². The first-order valence-corrected chi connectivity index (χ1v) is 8.23. The Hall–Kier alpha value is -0.960. The summed E-state index contributed by atoms with van der Waals surface area (Å²) in [4.78, 5) is 10.9. The van der Waals surface area contributed by atoms with E-state index in [0.29, 0.717) is 31.5 Å². The van der Waals surface area contributed by atoms with Crippen molar-refractivity contribution in [1.29, 1.82) is 0 Å². The molecule has 0 aliphatic carbocycles. The molecule has 1 saturated heterocycles. The fourth-order valence-corrected chi connectivity index (χ4v) is 5.20. The van der Waals surface area contributed by atoms with Crippen LogP contribution in [0.4, 0.5) is 0 Å². The third kappa shape index (κ3) is 2.66. The summed E-state index contributed by atoms with van der Waals surface area (Å²) in [5, 5.41) is 10.7. The molecule has 1 aromatic heterocycles. The second-order valence-electron chi connectivity index (χ2n) is 4.62. The van der Waals surface area contributed by atoms with Crippen molar-refractivity contribution in [3.05, 3.63) is 15.8 Å². The highest BCUT2D eigenvalue weighted by molar-refractivity contribution is 7.89. The van der Waals surface area contributed by atoms with Gasteiger partial charge in [-0.15, -0.1) is 11.3 Å². The SMILES string of the molecule is Cc1csc(C(=O)O)c1S(=O)(=O)N1CCC(N)CC1. The average Bonchev–Trinajstić information content (AvgIpc) is 2.72. The zero-order chi connectivity index (χ0) is 14.2. The minimum Gasteiger partial charge on any atom is -0.477 e. The van der Waals surface area contributed by atoms with E-state index >= 15 is 0 Å². The molecule has 0 aromatic carbocycles. The monoisotopic (exact) mass is 304 g/mol. The molecule has 0 spiro atoms. The molecule has 19 heavy (non-hydrogen) atoms. The summed E-state index contributed by atoms with van der Waals surface area (Å²) in [5.41, 5.74) is 6.24. The van der Waals surface area contributed by atoms with Crippen molar-refractivity contribution in [2.24, 2.45) is 5.73 Å². The first-order valence-electron chi connectivity index (χ1n) is 5.91. The lowest BCUT2D eigenvalue weighted by Gasteiger charge is -2.29. The van der Waals surface area contributed by atoms with Crippen LogP contribution in [0.2, 0.25) is 0 Å². The normalized spacial score (nSPS) is 18.6. The highest BCUT2D eigenvalue weighted by Crippen LogP contribution is 2.30. The summed E-state index contributed by atoms with van der Waals surface area (Å²) in [6, 6.07) is 0.0222. The number of carboxylic acid groups (broad SMARTS) is 1. The lowest BCUT2D eigenvalue weighted by atomic mass is 10.1. The largest absolute Gasteiger partial charge is 0.477 e. The highest BCUT2D eigenvalue weighted by Gasteiger charge is 2.33. The lowest BCUT2D eigenvalue weighted by Crippen LogP contribution is -2.43. The Balaban J connectivity index is 2.40. The molecule has 0 amide bonds. The van der Waals surface area contributed by atoms with Crippen molar-refractivity contribution < 1.29 is 18.3 Å². The van der Waals surface area contributed by atoms with Crippen LogP contribution in [0, 0.1) is 6.92 Å². The lowest BCUT2D eigenvalue weighted by molar-refractivity contribution is 0.0698. The quantitative estimate of drug-likeness (QED) is 0.863. The number of carbonyl (C=O) groups is 1. The predicted molar refractivity (Wildman–Crippen MR) is 72.0 cm³/mol. The van der Waals surface area contributed by atoms with Crippen molar-refractivity contribution in [2.45, 2.75) is 30.7 Å². The summed E-state index contributed by atoms with van der Waals surface area (Å²) in [6.45, 7) is 2.31. The van der Waals surface area contributed by atoms with Crippen LogP contribution in [-0.4, -0.2) is 42.9 Å². The summed E-state index contributed by atoms with van der Waals surface area (Å²) < 4.78 is 26.4. The molecule has 0 atom stereocenters. The molecule has 1 aliphatic rings. The van der Waals surface area contributed by atoms with Gasteiger partial charge >= 0.3 is 5.97 Å². The molecular formula is C11H16N2O4S2. The third-order valence-electron chi connectivity index (χ3n) is 3.21. The Morgan fingerprint density at radius 2 is 2.05 bits per heavy atom. The standard InChI is InChI=1S/C11H16N2O4S2/c1-7-6-18-9(11(14)15)10(7)19(16,17)13-4-2-8(12)3-5-13/h6,8H,2-5,12H2,1H3,(H,14,15). The number of nitrogens with two attached hydrogens (primary N) is 1. The van der Waals surface area contributed by atoms with E-state index in [1.54, 1.807) is 12.3 Å². The van der Waals surface area contributed by atoms with E-state index in [1.807, 2.05) is 0 Å². The molecule has 0 unspecified atom stereocenters. The number of hydrogen-bond acceptors (Lipinski definition) is 5. The number of carboxylic acids is 1. The molecule has 1 aromatic rings. The Kier molecular flexibility index (Phi) is 3.95. The zero-order valence-electron chi connectivity index (χ0n) is 10.5. The molecular weight excluding hydrogens is 288 g/mol. The van der Waals surface area contributed by atoms with E-state index in [2.05, 4.69) is 0 Å². The fourth-order valence-electron chi connectivity index (χ4n) is 2.15. The third-order valence-corrected chi connectivity index (χ3v) is 6.51. The topological polar surface area (TPSA) is 101 Å².